The molecule has 0 aliphatic rings. The minimum absolute atomic E-state index is 0.457. The quantitative estimate of drug-likeness (QED) is 0.769. The lowest BCUT2D eigenvalue weighted by molar-refractivity contribution is -0.124. The van der Waals surface area contributed by atoms with E-state index in [0.717, 1.165) is 5.56 Å². The van der Waals surface area contributed by atoms with E-state index in [2.05, 4.69) is 0 Å². The second kappa shape index (κ2) is 6.12. The van der Waals surface area contributed by atoms with Gasteiger partial charge in [-0.2, -0.15) is 5.26 Å². The number of hydrogen-bond donors (Lipinski definition) is 0. The van der Waals surface area contributed by atoms with Crippen molar-refractivity contribution in [3.63, 3.8) is 0 Å². The van der Waals surface area contributed by atoms with E-state index < -0.39 is 5.91 Å². The van der Waals surface area contributed by atoms with Gasteiger partial charge in [-0.1, -0.05) is 17.7 Å². The molecule has 0 heterocycles. The predicted octanol–water partition coefficient (Wildman–Crippen LogP) is 1.87. The van der Waals surface area contributed by atoms with Crippen LogP contribution in [0.3, 0.4) is 0 Å². The molecule has 0 unspecified atom stereocenters. The van der Waals surface area contributed by atoms with Crippen LogP contribution in [0.15, 0.2) is 18.2 Å². The predicted molar refractivity (Wildman–Crippen MR) is 65.0 cm³/mol. The Hall–Kier alpha value is -1.73. The number of nitriles is 1. The van der Waals surface area contributed by atoms with Crippen LogP contribution in [0, 0.1) is 11.3 Å². The zero-order valence-electron chi connectivity index (χ0n) is 9.74. The van der Waals surface area contributed by atoms with E-state index in [4.69, 9.17) is 21.6 Å². The number of benzene rings is 1. The van der Waals surface area contributed by atoms with Gasteiger partial charge in [-0.25, -0.2) is 0 Å². The van der Waals surface area contributed by atoms with Crippen LogP contribution in [0.1, 0.15) is 5.56 Å². The number of hydrogen-bond acceptors (Lipinski definition) is 3. The average Bonchev–Trinajstić information content (AvgIpc) is 2.35. The summed E-state index contributed by atoms with van der Waals surface area (Å²) in [6.07, 6.45) is 0.604. The SMILES string of the molecule is COc1ccc(CCN(C)C(=O)C#N)c(Cl)c1. The summed E-state index contributed by atoms with van der Waals surface area (Å²) >= 11 is 6.06. The molecule has 0 aliphatic carbocycles. The zero-order valence-corrected chi connectivity index (χ0v) is 10.5. The average molecular weight is 253 g/mol. The first kappa shape index (κ1) is 13.3. The smallest absolute Gasteiger partial charge is 0.324 e. The third-order valence-electron chi connectivity index (χ3n) is 2.42. The van der Waals surface area contributed by atoms with Crippen LogP contribution in [0.5, 0.6) is 5.75 Å². The van der Waals surface area contributed by atoms with Crippen LogP contribution in [0.4, 0.5) is 0 Å². The summed E-state index contributed by atoms with van der Waals surface area (Å²) in [5.74, 6) is 0.148. The van der Waals surface area contributed by atoms with Crippen LogP contribution in [0.25, 0.3) is 0 Å². The Morgan fingerprint density at radius 1 is 1.59 bits per heavy atom. The summed E-state index contributed by atoms with van der Waals surface area (Å²) in [6.45, 7) is 0.457. The molecule has 1 rings (SSSR count). The summed E-state index contributed by atoms with van der Waals surface area (Å²) < 4.78 is 5.04. The number of ether oxygens (including phenoxy) is 1. The number of carbonyl (C=O) groups excluding carboxylic acids is 1. The molecule has 4 nitrogen and oxygen atoms in total. The van der Waals surface area contributed by atoms with Crippen molar-refractivity contribution < 1.29 is 9.53 Å². The molecule has 0 bridgehead atoms. The molecule has 0 atom stereocenters. The van der Waals surface area contributed by atoms with Gasteiger partial charge >= 0.3 is 5.91 Å². The molecule has 1 aromatic carbocycles. The fourth-order valence-electron chi connectivity index (χ4n) is 1.33. The summed E-state index contributed by atoms with van der Waals surface area (Å²) in [7, 11) is 3.16. The summed E-state index contributed by atoms with van der Waals surface area (Å²) in [4.78, 5) is 12.4. The van der Waals surface area contributed by atoms with Gasteiger partial charge in [-0.05, 0) is 24.1 Å². The zero-order chi connectivity index (χ0) is 12.8. The molecule has 0 aromatic heterocycles. The third kappa shape index (κ3) is 3.65. The normalized spacial score (nSPS) is 9.53. The number of methoxy groups -OCH3 is 1. The number of likely N-dealkylation sites (N-methyl/N-ethyl adjacent to an activating group) is 1. The van der Waals surface area contributed by atoms with Gasteiger partial charge in [0.2, 0.25) is 0 Å². The number of nitrogens with zero attached hydrogens (tertiary/aromatic N) is 2. The molecule has 5 heteroatoms. The molecule has 1 amide bonds. The highest BCUT2D eigenvalue weighted by molar-refractivity contribution is 6.31. The van der Waals surface area contributed by atoms with Crippen molar-refractivity contribution in [1.82, 2.24) is 4.90 Å². The molecule has 0 N–H and O–H groups in total. The Labute approximate surface area is 105 Å². The Morgan fingerprint density at radius 3 is 2.82 bits per heavy atom. The van der Waals surface area contributed by atoms with E-state index in [-0.39, 0.29) is 0 Å². The van der Waals surface area contributed by atoms with E-state index in [1.54, 1.807) is 26.3 Å². The van der Waals surface area contributed by atoms with Crippen LogP contribution in [-0.2, 0) is 11.2 Å². The van der Waals surface area contributed by atoms with Gasteiger partial charge in [0.05, 0.1) is 7.11 Å². The topological polar surface area (TPSA) is 53.3 Å². The fourth-order valence-corrected chi connectivity index (χ4v) is 1.60. The molecule has 90 valence electrons. The van der Waals surface area contributed by atoms with Crippen LogP contribution >= 0.6 is 11.6 Å². The Balaban J connectivity index is 2.64. The van der Waals surface area contributed by atoms with Gasteiger partial charge in [-0.15, -0.1) is 0 Å². The molecular formula is C12H13ClN2O2. The first-order valence-electron chi connectivity index (χ1n) is 5.06. The lowest BCUT2D eigenvalue weighted by Crippen LogP contribution is -2.27. The summed E-state index contributed by atoms with van der Waals surface area (Å²) in [5.41, 5.74) is 0.921. The molecule has 1 aromatic rings. The second-order valence-corrected chi connectivity index (χ2v) is 3.95. The molecule has 0 saturated heterocycles. The fraction of sp³-hybridized carbons (Fsp3) is 0.333. The van der Waals surface area contributed by atoms with Gasteiger partial charge in [0.25, 0.3) is 0 Å². The van der Waals surface area contributed by atoms with Gasteiger partial charge in [0.15, 0.2) is 6.07 Å². The molecule has 0 spiro atoms. The molecule has 0 fully saturated rings. The maximum absolute atomic E-state index is 11.0. The monoisotopic (exact) mass is 252 g/mol. The number of halogens is 1. The highest BCUT2D eigenvalue weighted by Gasteiger charge is 2.08. The van der Waals surface area contributed by atoms with Crippen molar-refractivity contribution in [3.05, 3.63) is 28.8 Å². The van der Waals surface area contributed by atoms with E-state index in [9.17, 15) is 4.79 Å². The molecule has 0 aliphatic heterocycles. The molecule has 0 radical (unpaired) electrons. The van der Waals surface area contributed by atoms with Gasteiger partial charge < -0.3 is 9.64 Å². The van der Waals surface area contributed by atoms with Gasteiger partial charge in [0.1, 0.15) is 5.75 Å². The minimum atomic E-state index is -0.547. The third-order valence-corrected chi connectivity index (χ3v) is 2.77. The standard InChI is InChI=1S/C12H13ClN2O2/c1-15(12(16)8-14)6-5-9-3-4-10(17-2)7-11(9)13/h3-4,7H,5-6H2,1-2H3. The Bertz CT molecular complexity index is 454. The van der Waals surface area contributed by atoms with Crippen LogP contribution in [0.2, 0.25) is 5.02 Å². The molecular weight excluding hydrogens is 240 g/mol. The number of amides is 1. The van der Waals surface area contributed by atoms with Crippen molar-refractivity contribution in [2.45, 2.75) is 6.42 Å². The maximum Gasteiger partial charge on any atom is 0.324 e. The van der Waals surface area contributed by atoms with Crippen LogP contribution < -0.4 is 4.74 Å². The summed E-state index contributed by atoms with van der Waals surface area (Å²) in [6, 6.07) is 6.96. The minimum Gasteiger partial charge on any atom is -0.497 e. The van der Waals surface area contributed by atoms with E-state index >= 15 is 0 Å². The first-order valence-corrected chi connectivity index (χ1v) is 5.44. The largest absolute Gasteiger partial charge is 0.497 e. The Morgan fingerprint density at radius 2 is 2.29 bits per heavy atom. The van der Waals surface area contributed by atoms with Crippen molar-refractivity contribution in [2.75, 3.05) is 20.7 Å². The summed E-state index contributed by atoms with van der Waals surface area (Å²) in [5, 5.41) is 9.04. The molecule has 17 heavy (non-hydrogen) atoms. The van der Waals surface area contributed by atoms with E-state index in [1.165, 1.54) is 4.90 Å². The van der Waals surface area contributed by atoms with E-state index in [1.807, 2.05) is 12.1 Å². The Kier molecular flexibility index (Phi) is 4.80. The second-order valence-electron chi connectivity index (χ2n) is 3.55. The van der Waals surface area contributed by atoms with Crippen molar-refractivity contribution >= 4 is 17.5 Å². The van der Waals surface area contributed by atoms with Crippen LogP contribution in [-0.4, -0.2) is 31.5 Å². The van der Waals surface area contributed by atoms with Crippen molar-refractivity contribution in [1.29, 1.82) is 5.26 Å². The maximum atomic E-state index is 11.0. The van der Waals surface area contributed by atoms with Crippen molar-refractivity contribution in [3.8, 4) is 11.8 Å². The molecule has 0 saturated carbocycles. The van der Waals surface area contributed by atoms with Crippen molar-refractivity contribution in [2.24, 2.45) is 0 Å². The lowest BCUT2D eigenvalue weighted by Gasteiger charge is -2.13. The first-order chi connectivity index (χ1) is 8.08. The number of carbonyl (C=O) groups is 1. The van der Waals surface area contributed by atoms with Gasteiger partial charge in [-0.3, -0.25) is 4.79 Å². The lowest BCUT2D eigenvalue weighted by atomic mass is 10.1. The van der Waals surface area contributed by atoms with E-state index in [0.29, 0.717) is 23.7 Å². The van der Waals surface area contributed by atoms with Gasteiger partial charge in [0, 0.05) is 18.6 Å². The highest BCUT2D eigenvalue weighted by Crippen LogP contribution is 2.22. The highest BCUT2D eigenvalue weighted by atomic mass is 35.5. The number of rotatable bonds is 4.